The van der Waals surface area contributed by atoms with Gasteiger partial charge in [0.15, 0.2) is 6.10 Å². The first-order valence-electron chi connectivity index (χ1n) is 21.5. The molecule has 0 heterocycles. The summed E-state index contributed by atoms with van der Waals surface area (Å²) >= 11 is 0. The third kappa shape index (κ3) is 38.5. The molecule has 51 heavy (non-hydrogen) atoms. The first kappa shape index (κ1) is 50.0. The van der Waals surface area contributed by atoms with Gasteiger partial charge in [-0.05, 0) is 12.8 Å². The number of esters is 2. The zero-order valence-corrected chi connectivity index (χ0v) is 34.3. The van der Waals surface area contributed by atoms with Gasteiger partial charge in [-0.2, -0.15) is 0 Å². The van der Waals surface area contributed by atoms with Crippen LogP contribution in [0.1, 0.15) is 219 Å². The van der Waals surface area contributed by atoms with E-state index in [1.165, 1.54) is 154 Å². The van der Waals surface area contributed by atoms with Gasteiger partial charge in [0.1, 0.15) is 6.61 Å². The fourth-order valence-corrected chi connectivity index (χ4v) is 7.05. The number of nitrogens with two attached hydrogens (primary N) is 1. The second-order valence-corrected chi connectivity index (χ2v) is 16.0. The van der Waals surface area contributed by atoms with Gasteiger partial charge >= 0.3 is 19.8 Å². The van der Waals surface area contributed by atoms with Crippen molar-refractivity contribution in [2.45, 2.75) is 225 Å². The molecule has 0 amide bonds. The number of hydrogen-bond acceptors (Lipinski definition) is 8. The number of unbranched alkanes of at least 4 members (excludes halogenated alkanes) is 28. The number of phosphoric ester groups is 1. The summed E-state index contributed by atoms with van der Waals surface area (Å²) in [5.74, 6) is -0.813. The Morgan fingerprint density at radius 1 is 0.510 bits per heavy atom. The number of ether oxygens (including phenoxy) is 2. The molecule has 0 aromatic heterocycles. The number of carbonyl (C=O) groups excluding carboxylic acids is 2. The van der Waals surface area contributed by atoms with Crippen LogP contribution in [-0.2, 0) is 32.7 Å². The molecular formula is C41H82NO8P. The zero-order chi connectivity index (χ0) is 37.5. The summed E-state index contributed by atoms with van der Waals surface area (Å²) < 4.78 is 32.8. The highest BCUT2D eigenvalue weighted by Crippen LogP contribution is 2.43. The maximum absolute atomic E-state index is 12.5. The van der Waals surface area contributed by atoms with E-state index < -0.39 is 26.5 Å². The van der Waals surface area contributed by atoms with Crippen molar-refractivity contribution in [3.05, 3.63) is 0 Å². The molecule has 0 saturated carbocycles. The number of rotatable bonds is 41. The van der Waals surface area contributed by atoms with Crippen molar-refractivity contribution >= 4 is 19.8 Å². The van der Waals surface area contributed by atoms with Crippen molar-refractivity contribution in [2.75, 3.05) is 26.4 Å². The fraction of sp³-hybridized carbons (Fsp3) is 0.951. The average Bonchev–Trinajstić information content (AvgIpc) is 3.11. The molecule has 1 unspecified atom stereocenters. The van der Waals surface area contributed by atoms with E-state index in [0.717, 1.165) is 32.1 Å². The first-order chi connectivity index (χ1) is 24.8. The molecule has 0 rings (SSSR count). The van der Waals surface area contributed by atoms with Crippen LogP contribution in [0.3, 0.4) is 0 Å². The van der Waals surface area contributed by atoms with E-state index in [2.05, 4.69) is 13.8 Å². The van der Waals surface area contributed by atoms with Crippen LogP contribution in [0, 0.1) is 0 Å². The van der Waals surface area contributed by atoms with Crippen LogP contribution < -0.4 is 5.73 Å². The predicted octanol–water partition coefficient (Wildman–Crippen LogP) is 12.1. The highest BCUT2D eigenvalue weighted by atomic mass is 31.2. The minimum absolute atomic E-state index is 0.0580. The van der Waals surface area contributed by atoms with E-state index in [-0.39, 0.29) is 38.6 Å². The molecule has 0 aliphatic carbocycles. The van der Waals surface area contributed by atoms with Crippen molar-refractivity contribution in [1.29, 1.82) is 0 Å². The lowest BCUT2D eigenvalue weighted by Crippen LogP contribution is -2.29. The molecule has 0 aliphatic heterocycles. The van der Waals surface area contributed by atoms with Crippen molar-refractivity contribution in [2.24, 2.45) is 5.73 Å². The largest absolute Gasteiger partial charge is 0.472 e. The quantitative estimate of drug-likeness (QED) is 0.0356. The van der Waals surface area contributed by atoms with Gasteiger partial charge < -0.3 is 20.1 Å². The summed E-state index contributed by atoms with van der Waals surface area (Å²) in [6.07, 6.45) is 37.0. The van der Waals surface area contributed by atoms with E-state index in [0.29, 0.717) is 6.42 Å². The molecule has 0 saturated heterocycles. The maximum atomic E-state index is 12.5. The lowest BCUT2D eigenvalue weighted by Gasteiger charge is -2.19. The molecule has 0 fully saturated rings. The zero-order valence-electron chi connectivity index (χ0n) is 33.4. The molecule has 0 radical (unpaired) electrons. The Morgan fingerprint density at radius 2 is 0.843 bits per heavy atom. The van der Waals surface area contributed by atoms with E-state index in [1.807, 2.05) is 0 Å². The topological polar surface area (TPSA) is 134 Å². The average molecular weight is 748 g/mol. The van der Waals surface area contributed by atoms with Gasteiger partial charge in [-0.25, -0.2) is 4.57 Å². The maximum Gasteiger partial charge on any atom is 0.472 e. The van der Waals surface area contributed by atoms with Crippen LogP contribution in [0.15, 0.2) is 0 Å². The molecule has 0 bridgehead atoms. The summed E-state index contributed by atoms with van der Waals surface area (Å²) in [6.45, 7) is 3.77. The minimum Gasteiger partial charge on any atom is -0.462 e. The van der Waals surface area contributed by atoms with Crippen LogP contribution in [0.2, 0.25) is 0 Å². The van der Waals surface area contributed by atoms with Crippen molar-refractivity contribution in [3.8, 4) is 0 Å². The van der Waals surface area contributed by atoms with Gasteiger partial charge in [-0.15, -0.1) is 0 Å². The van der Waals surface area contributed by atoms with Crippen LogP contribution >= 0.6 is 7.82 Å². The third-order valence-electron chi connectivity index (χ3n) is 9.49. The number of carbonyl (C=O) groups is 2. The van der Waals surface area contributed by atoms with E-state index >= 15 is 0 Å². The van der Waals surface area contributed by atoms with Crippen LogP contribution in [0.25, 0.3) is 0 Å². The summed E-state index contributed by atoms with van der Waals surface area (Å²) in [5.41, 5.74) is 5.34. The third-order valence-corrected chi connectivity index (χ3v) is 10.5. The van der Waals surface area contributed by atoms with E-state index in [1.54, 1.807) is 0 Å². The van der Waals surface area contributed by atoms with Gasteiger partial charge in [0.05, 0.1) is 13.2 Å². The molecule has 3 N–H and O–H groups in total. The Labute approximate surface area is 314 Å². The van der Waals surface area contributed by atoms with Crippen LogP contribution in [0.5, 0.6) is 0 Å². The van der Waals surface area contributed by atoms with Gasteiger partial charge in [-0.3, -0.25) is 18.6 Å². The van der Waals surface area contributed by atoms with Gasteiger partial charge in [-0.1, -0.05) is 194 Å². The smallest absolute Gasteiger partial charge is 0.462 e. The molecule has 10 heteroatoms. The Hall–Kier alpha value is -0.990. The molecule has 0 aromatic rings. The fourth-order valence-electron chi connectivity index (χ4n) is 6.28. The van der Waals surface area contributed by atoms with Crippen molar-refractivity contribution in [3.63, 3.8) is 0 Å². The molecule has 0 spiro atoms. The molecule has 0 aliphatic rings. The molecule has 0 aromatic carbocycles. The first-order valence-corrected chi connectivity index (χ1v) is 23.0. The van der Waals surface area contributed by atoms with Gasteiger partial charge in [0.2, 0.25) is 0 Å². The van der Waals surface area contributed by atoms with E-state index in [9.17, 15) is 19.0 Å². The lowest BCUT2D eigenvalue weighted by molar-refractivity contribution is -0.161. The summed E-state index contributed by atoms with van der Waals surface area (Å²) in [5, 5.41) is 0. The highest BCUT2D eigenvalue weighted by molar-refractivity contribution is 7.47. The Bertz CT molecular complexity index is 815. The second kappa shape index (κ2) is 38.7. The van der Waals surface area contributed by atoms with E-state index in [4.69, 9.17) is 24.3 Å². The van der Waals surface area contributed by atoms with Crippen LogP contribution in [0.4, 0.5) is 0 Å². The lowest BCUT2D eigenvalue weighted by atomic mass is 10.0. The number of phosphoric acid groups is 1. The standard InChI is InChI=1S/C41H82NO8P/c1-3-5-7-9-11-13-15-17-18-19-20-22-23-25-27-29-31-33-40(43)47-37-39(38-49-51(45,46)48-36-35-42)50-41(44)34-32-30-28-26-24-21-16-14-12-10-8-6-4-2/h39H,3-38,42H2,1-2H3,(H,45,46)/t39-/m1/s1. The van der Waals surface area contributed by atoms with Crippen LogP contribution in [-0.4, -0.2) is 49.3 Å². The summed E-state index contributed by atoms with van der Waals surface area (Å²) in [7, 11) is -4.36. The number of hydrogen-bond donors (Lipinski definition) is 2. The van der Waals surface area contributed by atoms with Crippen molar-refractivity contribution < 1.29 is 37.6 Å². The Morgan fingerprint density at radius 3 is 1.20 bits per heavy atom. The Balaban J connectivity index is 4.09. The predicted molar refractivity (Wildman–Crippen MR) is 211 cm³/mol. The Kier molecular flexibility index (Phi) is 38.0. The highest BCUT2D eigenvalue weighted by Gasteiger charge is 2.26. The molecule has 2 atom stereocenters. The second-order valence-electron chi connectivity index (χ2n) is 14.6. The van der Waals surface area contributed by atoms with Gasteiger partial charge in [0, 0.05) is 19.4 Å². The minimum atomic E-state index is -4.36. The SMILES string of the molecule is CCCCCCCCCCCCCCCCCCCC(=O)OC[C@H](COP(=O)(O)OCCN)OC(=O)CCCCCCCCCCCCCCC. The summed E-state index contributed by atoms with van der Waals surface area (Å²) in [6, 6.07) is 0. The molecular weight excluding hydrogens is 665 g/mol. The normalized spacial score (nSPS) is 13.3. The summed E-state index contributed by atoms with van der Waals surface area (Å²) in [4.78, 5) is 34.8. The van der Waals surface area contributed by atoms with Crippen molar-refractivity contribution in [1.82, 2.24) is 0 Å². The molecule has 9 nitrogen and oxygen atoms in total. The van der Waals surface area contributed by atoms with Gasteiger partial charge in [0.25, 0.3) is 0 Å². The molecule has 304 valence electrons. The monoisotopic (exact) mass is 748 g/mol.